The molecular weight excluding hydrogens is 388 g/mol. The lowest BCUT2D eigenvalue weighted by molar-refractivity contribution is 1.56. The quantitative estimate of drug-likeness (QED) is 0.237. The van der Waals surface area contributed by atoms with Gasteiger partial charge in [0, 0.05) is 43.4 Å². The third-order valence-electron chi connectivity index (χ3n) is 7.09. The molecule has 2 nitrogen and oxygen atoms in total. The van der Waals surface area contributed by atoms with Crippen LogP contribution in [0.3, 0.4) is 0 Å². The van der Waals surface area contributed by atoms with Gasteiger partial charge in [-0.05, 0) is 33.7 Å². The molecule has 0 spiro atoms. The van der Waals surface area contributed by atoms with Crippen LogP contribution in [-0.4, -0.2) is 9.97 Å². The monoisotopic (exact) mass is 406 g/mol. The van der Waals surface area contributed by atoms with E-state index in [1.165, 1.54) is 75.9 Å². The van der Waals surface area contributed by atoms with Crippen molar-refractivity contribution in [1.82, 2.24) is 9.97 Å². The van der Waals surface area contributed by atoms with Crippen molar-refractivity contribution in [1.29, 1.82) is 0 Å². The standard InChI is InChI=1S/C30H18N2/c1-3-11-19-17(9-1)25-21-13-5-7-15-23(21)31-29(25)28-20-12-4-2-10-18(20)26-22-14-6-8-16-24(22)32-30(26)27(19)28/h1-16,31-32H. The summed E-state index contributed by atoms with van der Waals surface area (Å²) in [6.45, 7) is 0. The molecule has 0 amide bonds. The van der Waals surface area contributed by atoms with E-state index in [2.05, 4.69) is 107 Å². The maximum Gasteiger partial charge on any atom is 0.0558 e. The average Bonchev–Trinajstić information content (AvgIpc) is 3.43. The molecule has 32 heavy (non-hydrogen) atoms. The van der Waals surface area contributed by atoms with E-state index in [-0.39, 0.29) is 0 Å². The lowest BCUT2D eigenvalue weighted by Crippen LogP contribution is -1.86. The van der Waals surface area contributed by atoms with Crippen molar-refractivity contribution in [2.24, 2.45) is 0 Å². The minimum absolute atomic E-state index is 1.18. The molecule has 6 aromatic carbocycles. The fourth-order valence-electron chi connectivity index (χ4n) is 5.85. The number of benzene rings is 6. The van der Waals surface area contributed by atoms with Crippen molar-refractivity contribution >= 4 is 75.9 Å². The van der Waals surface area contributed by atoms with Crippen molar-refractivity contribution in [3.05, 3.63) is 97.1 Å². The Hall–Kier alpha value is -4.30. The highest BCUT2D eigenvalue weighted by atomic mass is 14.7. The highest BCUT2D eigenvalue weighted by Crippen LogP contribution is 2.46. The summed E-state index contributed by atoms with van der Waals surface area (Å²) in [5, 5.41) is 12.9. The van der Waals surface area contributed by atoms with Gasteiger partial charge in [0.25, 0.3) is 0 Å². The maximum absolute atomic E-state index is 3.79. The fourth-order valence-corrected chi connectivity index (χ4v) is 5.85. The zero-order valence-electron chi connectivity index (χ0n) is 17.2. The van der Waals surface area contributed by atoms with Crippen LogP contribution in [0.4, 0.5) is 0 Å². The smallest absolute Gasteiger partial charge is 0.0558 e. The second-order valence-corrected chi connectivity index (χ2v) is 8.68. The number of aromatic amines is 2. The number of fused-ring (bicyclic) bond motifs is 15. The van der Waals surface area contributed by atoms with Crippen molar-refractivity contribution in [2.45, 2.75) is 0 Å². The third kappa shape index (κ3) is 1.86. The second kappa shape index (κ2) is 5.68. The molecule has 2 N–H and O–H groups in total. The molecule has 0 unspecified atom stereocenters. The average molecular weight is 406 g/mol. The molecule has 2 aromatic heterocycles. The lowest BCUT2D eigenvalue weighted by Gasteiger charge is -2.12. The minimum Gasteiger partial charge on any atom is -0.354 e. The van der Waals surface area contributed by atoms with E-state index in [0.717, 1.165) is 0 Å². The van der Waals surface area contributed by atoms with Gasteiger partial charge in [-0.15, -0.1) is 0 Å². The van der Waals surface area contributed by atoms with Crippen molar-refractivity contribution in [3.8, 4) is 0 Å². The summed E-state index contributed by atoms with van der Waals surface area (Å²) in [6, 6.07) is 35.0. The summed E-state index contributed by atoms with van der Waals surface area (Å²) in [4.78, 5) is 7.58. The van der Waals surface area contributed by atoms with Crippen LogP contribution in [0.2, 0.25) is 0 Å². The normalized spacial score (nSPS) is 12.4. The van der Waals surface area contributed by atoms with Crippen molar-refractivity contribution in [2.75, 3.05) is 0 Å². The van der Waals surface area contributed by atoms with Crippen molar-refractivity contribution < 1.29 is 0 Å². The van der Waals surface area contributed by atoms with Crippen LogP contribution < -0.4 is 0 Å². The van der Waals surface area contributed by atoms with Gasteiger partial charge in [-0.3, -0.25) is 0 Å². The van der Waals surface area contributed by atoms with E-state index in [0.29, 0.717) is 0 Å². The summed E-state index contributed by atoms with van der Waals surface area (Å²) < 4.78 is 0. The van der Waals surface area contributed by atoms with Gasteiger partial charge in [0.05, 0.1) is 11.0 Å². The molecule has 0 saturated heterocycles. The molecule has 0 radical (unpaired) electrons. The molecule has 148 valence electrons. The second-order valence-electron chi connectivity index (χ2n) is 8.68. The first kappa shape index (κ1) is 16.4. The molecule has 2 heterocycles. The Morgan fingerprint density at radius 3 is 1.03 bits per heavy atom. The number of hydrogen-bond acceptors (Lipinski definition) is 0. The van der Waals surface area contributed by atoms with Gasteiger partial charge >= 0.3 is 0 Å². The number of nitrogens with one attached hydrogen (secondary N) is 2. The van der Waals surface area contributed by atoms with E-state index in [9.17, 15) is 0 Å². The topological polar surface area (TPSA) is 31.6 Å². The van der Waals surface area contributed by atoms with Gasteiger partial charge in [0.2, 0.25) is 0 Å². The van der Waals surface area contributed by atoms with E-state index >= 15 is 0 Å². The molecule has 0 atom stereocenters. The Kier molecular flexibility index (Phi) is 2.91. The zero-order valence-corrected chi connectivity index (χ0v) is 17.2. The minimum atomic E-state index is 1.18. The summed E-state index contributed by atoms with van der Waals surface area (Å²) >= 11 is 0. The summed E-state index contributed by atoms with van der Waals surface area (Å²) in [6.07, 6.45) is 0. The molecule has 0 bridgehead atoms. The maximum atomic E-state index is 3.79. The van der Waals surface area contributed by atoms with Crippen LogP contribution in [-0.2, 0) is 0 Å². The predicted molar refractivity (Wildman–Crippen MR) is 138 cm³/mol. The van der Waals surface area contributed by atoms with Gasteiger partial charge in [0.15, 0.2) is 0 Å². The number of hydrogen-bond donors (Lipinski definition) is 2. The Morgan fingerprint density at radius 2 is 0.625 bits per heavy atom. The van der Waals surface area contributed by atoms with Crippen LogP contribution >= 0.6 is 0 Å². The zero-order chi connectivity index (χ0) is 20.8. The molecule has 0 aliphatic carbocycles. The Bertz CT molecular complexity index is 1890. The number of para-hydroxylation sites is 2. The Labute approximate surface area is 183 Å². The third-order valence-corrected chi connectivity index (χ3v) is 7.09. The van der Waals surface area contributed by atoms with E-state index in [1.807, 2.05) is 0 Å². The van der Waals surface area contributed by atoms with Gasteiger partial charge in [0.1, 0.15) is 0 Å². The predicted octanol–water partition coefficient (Wildman–Crippen LogP) is 8.42. The van der Waals surface area contributed by atoms with Gasteiger partial charge < -0.3 is 9.97 Å². The molecular formula is C30H18N2. The number of aromatic nitrogens is 2. The van der Waals surface area contributed by atoms with Gasteiger partial charge in [-0.25, -0.2) is 0 Å². The molecule has 0 fully saturated rings. The molecule has 8 aromatic rings. The molecule has 0 aliphatic rings. The first-order chi connectivity index (χ1) is 15.9. The van der Waals surface area contributed by atoms with Crippen molar-refractivity contribution in [3.63, 3.8) is 0 Å². The van der Waals surface area contributed by atoms with Crippen LogP contribution in [0.1, 0.15) is 0 Å². The van der Waals surface area contributed by atoms with Crippen LogP contribution in [0, 0.1) is 0 Å². The highest BCUT2D eigenvalue weighted by molar-refractivity contribution is 6.43. The highest BCUT2D eigenvalue weighted by Gasteiger charge is 2.20. The molecule has 0 saturated carbocycles. The Balaban J connectivity index is 1.85. The van der Waals surface area contributed by atoms with Crippen LogP contribution in [0.5, 0.6) is 0 Å². The van der Waals surface area contributed by atoms with Crippen LogP contribution in [0.15, 0.2) is 97.1 Å². The van der Waals surface area contributed by atoms with Crippen LogP contribution in [0.25, 0.3) is 75.9 Å². The van der Waals surface area contributed by atoms with E-state index in [4.69, 9.17) is 0 Å². The number of rotatable bonds is 0. The SMILES string of the molecule is c1ccc2c(c1)[nH]c1c2c2ccccc2c2c3[nH]c4ccccc4c3c3ccccc3c12. The summed E-state index contributed by atoms with van der Waals surface area (Å²) in [5.41, 5.74) is 4.80. The molecule has 8 rings (SSSR count). The summed E-state index contributed by atoms with van der Waals surface area (Å²) in [7, 11) is 0. The first-order valence-electron chi connectivity index (χ1n) is 11.1. The molecule has 2 heteroatoms. The first-order valence-corrected chi connectivity index (χ1v) is 11.1. The van der Waals surface area contributed by atoms with Gasteiger partial charge in [-0.1, -0.05) is 84.9 Å². The number of H-pyrrole nitrogens is 2. The fraction of sp³-hybridized carbons (Fsp3) is 0. The van der Waals surface area contributed by atoms with E-state index in [1.54, 1.807) is 0 Å². The molecule has 0 aliphatic heterocycles. The Morgan fingerprint density at radius 1 is 0.312 bits per heavy atom. The van der Waals surface area contributed by atoms with E-state index < -0.39 is 0 Å². The lowest BCUT2D eigenvalue weighted by atomic mass is 9.91. The summed E-state index contributed by atoms with van der Waals surface area (Å²) in [5.74, 6) is 0. The van der Waals surface area contributed by atoms with Gasteiger partial charge in [-0.2, -0.15) is 0 Å². The largest absolute Gasteiger partial charge is 0.354 e.